The van der Waals surface area contributed by atoms with Crippen molar-refractivity contribution in [1.82, 2.24) is 9.13 Å². The molecule has 0 radical (unpaired) electrons. The number of benzene rings is 1. The van der Waals surface area contributed by atoms with Gasteiger partial charge in [-0.3, -0.25) is 18.7 Å². The second kappa shape index (κ2) is 6.24. The second-order valence-electron chi connectivity index (χ2n) is 5.77. The molecule has 1 aliphatic rings. The van der Waals surface area contributed by atoms with Crippen LogP contribution in [-0.2, 0) is 20.5 Å². The number of thioether (sulfide) groups is 1. The molecule has 2 heterocycles. The predicted molar refractivity (Wildman–Crippen MR) is 95.7 cm³/mol. The highest BCUT2D eigenvalue weighted by atomic mass is 32.2. The Balaban J connectivity index is 1.78. The maximum absolute atomic E-state index is 12.3. The van der Waals surface area contributed by atoms with Crippen LogP contribution in [0, 0.1) is 6.92 Å². The molecule has 3 rings (SSSR count). The molecule has 0 fully saturated rings. The van der Waals surface area contributed by atoms with Crippen molar-refractivity contribution in [3.05, 3.63) is 61.8 Å². The lowest BCUT2D eigenvalue weighted by molar-refractivity contribution is 0.102. The molecular formula is C17H17N3O3S. The zero-order chi connectivity index (χ0) is 17.4. The van der Waals surface area contributed by atoms with Crippen LogP contribution in [0.1, 0.15) is 21.5 Å². The van der Waals surface area contributed by atoms with Crippen molar-refractivity contribution < 1.29 is 4.79 Å². The van der Waals surface area contributed by atoms with E-state index in [9.17, 15) is 14.4 Å². The summed E-state index contributed by atoms with van der Waals surface area (Å²) in [7, 11) is 3.05. The lowest BCUT2D eigenvalue weighted by atomic mass is 10.1. The van der Waals surface area contributed by atoms with Crippen LogP contribution in [0.2, 0.25) is 0 Å². The number of hydrogen-bond acceptors (Lipinski definition) is 5. The van der Waals surface area contributed by atoms with E-state index in [1.807, 2.05) is 25.1 Å². The molecule has 0 N–H and O–H groups in total. The van der Waals surface area contributed by atoms with Gasteiger partial charge >= 0.3 is 5.69 Å². The molecule has 0 amide bonds. The van der Waals surface area contributed by atoms with Crippen LogP contribution in [0.3, 0.4) is 0 Å². The molecule has 0 saturated heterocycles. The number of ketones is 1. The maximum Gasteiger partial charge on any atom is 0.332 e. The number of nitrogens with zero attached hydrogens (tertiary/aromatic N) is 3. The Hall–Kier alpha value is -2.41. The highest BCUT2D eigenvalue weighted by Crippen LogP contribution is 2.26. The first kappa shape index (κ1) is 16.4. The Kier molecular flexibility index (Phi) is 4.28. The summed E-state index contributed by atoms with van der Waals surface area (Å²) in [5.74, 6) is 0.669. The predicted octanol–water partition coefficient (Wildman–Crippen LogP) is 1.59. The van der Waals surface area contributed by atoms with E-state index in [1.54, 1.807) is 13.1 Å². The molecule has 1 aliphatic heterocycles. The minimum absolute atomic E-state index is 0.0177. The fourth-order valence-electron chi connectivity index (χ4n) is 2.64. The summed E-state index contributed by atoms with van der Waals surface area (Å²) in [6.45, 7) is 1.94. The van der Waals surface area contributed by atoms with Gasteiger partial charge in [0.25, 0.3) is 5.56 Å². The number of carbonyl (C=O) groups excluding carboxylic acids is 1. The number of rotatable bonds is 3. The van der Waals surface area contributed by atoms with Crippen LogP contribution in [0.15, 0.2) is 38.8 Å². The largest absolute Gasteiger partial charge is 0.332 e. The summed E-state index contributed by atoms with van der Waals surface area (Å²) in [5, 5.41) is 0.685. The molecule has 24 heavy (non-hydrogen) atoms. The Morgan fingerprint density at radius 3 is 2.71 bits per heavy atom. The Morgan fingerprint density at radius 2 is 2.00 bits per heavy atom. The molecule has 0 spiro atoms. The molecule has 0 bridgehead atoms. The van der Waals surface area contributed by atoms with Crippen molar-refractivity contribution in [3.8, 4) is 0 Å². The lowest BCUT2D eigenvalue weighted by Gasteiger charge is -2.05. The average molecular weight is 343 g/mol. The summed E-state index contributed by atoms with van der Waals surface area (Å²) in [6.07, 6.45) is 0.363. The number of aryl methyl sites for hydroxylation is 1. The van der Waals surface area contributed by atoms with Gasteiger partial charge in [0.1, 0.15) is 5.82 Å². The summed E-state index contributed by atoms with van der Waals surface area (Å²) < 4.78 is 2.45. The van der Waals surface area contributed by atoms with Gasteiger partial charge in [-0.15, -0.1) is 11.8 Å². The van der Waals surface area contributed by atoms with E-state index in [0.29, 0.717) is 28.4 Å². The van der Waals surface area contributed by atoms with Crippen molar-refractivity contribution in [2.75, 3.05) is 5.75 Å². The third kappa shape index (κ3) is 2.87. The van der Waals surface area contributed by atoms with Crippen LogP contribution in [0.25, 0.3) is 0 Å². The number of fused-ring (bicyclic) bond motifs is 1. The highest BCUT2D eigenvalue weighted by Gasteiger charge is 2.23. The van der Waals surface area contributed by atoms with Crippen molar-refractivity contribution in [3.63, 3.8) is 0 Å². The number of hydrogen-bond donors (Lipinski definition) is 0. The van der Waals surface area contributed by atoms with Gasteiger partial charge in [0, 0.05) is 26.1 Å². The van der Waals surface area contributed by atoms with Gasteiger partial charge in [-0.1, -0.05) is 23.8 Å². The third-order valence-corrected chi connectivity index (χ3v) is 4.97. The molecule has 6 nitrogen and oxygen atoms in total. The summed E-state index contributed by atoms with van der Waals surface area (Å²) in [4.78, 5) is 40.8. The van der Waals surface area contributed by atoms with Gasteiger partial charge in [-0.2, -0.15) is 0 Å². The minimum atomic E-state index is -0.399. The molecule has 7 heteroatoms. The minimum Gasteiger partial charge on any atom is -0.293 e. The van der Waals surface area contributed by atoms with Gasteiger partial charge in [-0.25, -0.2) is 9.79 Å². The molecule has 1 aromatic carbocycles. The second-order valence-corrected chi connectivity index (χ2v) is 6.82. The van der Waals surface area contributed by atoms with Gasteiger partial charge in [0.05, 0.1) is 16.4 Å². The number of aliphatic imine (C=N–C) groups is 1. The number of carbonyl (C=O) groups is 1. The zero-order valence-corrected chi connectivity index (χ0v) is 14.5. The Bertz CT molecular complexity index is 986. The van der Waals surface area contributed by atoms with Crippen molar-refractivity contribution >= 4 is 28.4 Å². The van der Waals surface area contributed by atoms with Crippen LogP contribution in [-0.4, -0.2) is 25.7 Å². The van der Waals surface area contributed by atoms with E-state index in [4.69, 9.17) is 0 Å². The highest BCUT2D eigenvalue weighted by molar-refractivity contribution is 8.14. The van der Waals surface area contributed by atoms with Crippen LogP contribution < -0.4 is 11.2 Å². The van der Waals surface area contributed by atoms with E-state index in [-0.39, 0.29) is 17.1 Å². The number of Topliss-reactive ketones (excluding diaryl/α,β-unsaturated/α-hetero) is 1. The van der Waals surface area contributed by atoms with E-state index >= 15 is 0 Å². The van der Waals surface area contributed by atoms with Gasteiger partial charge < -0.3 is 0 Å². The van der Waals surface area contributed by atoms with E-state index in [1.165, 1.54) is 23.4 Å². The SMILES string of the molecule is Cc1cccc(C(=O)CSC2=Nc3c(c(=O)n(C)c(=O)n3C)C2)c1. The standard InChI is InChI=1S/C17H17N3O3S/c1-10-5-4-6-11(7-10)13(21)9-24-14-8-12-15(18-14)19(2)17(23)20(3)16(12)22/h4-7H,8-9H2,1-3H3. The van der Waals surface area contributed by atoms with Crippen molar-refractivity contribution in [1.29, 1.82) is 0 Å². The van der Waals surface area contributed by atoms with Crippen LogP contribution >= 0.6 is 11.8 Å². The normalized spacial score (nSPS) is 12.9. The average Bonchev–Trinajstić information content (AvgIpc) is 3.00. The molecule has 2 aromatic rings. The quantitative estimate of drug-likeness (QED) is 0.794. The topological polar surface area (TPSA) is 73.4 Å². The van der Waals surface area contributed by atoms with E-state index in [2.05, 4.69) is 4.99 Å². The monoisotopic (exact) mass is 343 g/mol. The Labute approximate surface area is 142 Å². The first-order chi connectivity index (χ1) is 11.4. The van der Waals surface area contributed by atoms with Gasteiger partial charge in [0.15, 0.2) is 5.78 Å². The maximum atomic E-state index is 12.3. The molecular weight excluding hydrogens is 326 g/mol. The molecule has 1 aromatic heterocycles. The first-order valence-electron chi connectivity index (χ1n) is 7.47. The molecule has 0 saturated carbocycles. The summed E-state index contributed by atoms with van der Waals surface area (Å²) in [6, 6.07) is 7.45. The summed E-state index contributed by atoms with van der Waals surface area (Å²) in [5.41, 5.74) is 1.49. The summed E-state index contributed by atoms with van der Waals surface area (Å²) >= 11 is 1.32. The van der Waals surface area contributed by atoms with E-state index in [0.717, 1.165) is 10.1 Å². The number of aromatic nitrogens is 2. The molecule has 124 valence electrons. The zero-order valence-electron chi connectivity index (χ0n) is 13.7. The molecule has 0 aliphatic carbocycles. The first-order valence-corrected chi connectivity index (χ1v) is 8.46. The van der Waals surface area contributed by atoms with E-state index < -0.39 is 5.69 Å². The molecule has 0 unspecified atom stereocenters. The van der Waals surface area contributed by atoms with Crippen molar-refractivity contribution in [2.24, 2.45) is 19.1 Å². The lowest BCUT2D eigenvalue weighted by Crippen LogP contribution is -2.38. The van der Waals surface area contributed by atoms with Crippen molar-refractivity contribution in [2.45, 2.75) is 13.3 Å². The smallest absolute Gasteiger partial charge is 0.293 e. The fourth-order valence-corrected chi connectivity index (χ4v) is 3.50. The van der Waals surface area contributed by atoms with Crippen LogP contribution in [0.5, 0.6) is 0 Å². The Morgan fingerprint density at radius 1 is 1.25 bits per heavy atom. The van der Waals surface area contributed by atoms with Crippen LogP contribution in [0.4, 0.5) is 5.82 Å². The fraction of sp³-hybridized carbons (Fsp3) is 0.294. The van der Waals surface area contributed by atoms with Gasteiger partial charge in [-0.05, 0) is 13.0 Å². The molecule has 0 atom stereocenters. The van der Waals surface area contributed by atoms with Gasteiger partial charge in [0.2, 0.25) is 0 Å². The third-order valence-electron chi connectivity index (χ3n) is 3.99.